The Hall–Kier alpha value is -1.52. The highest BCUT2D eigenvalue weighted by molar-refractivity contribution is 7.47. The number of esters is 2. The number of phosphoric ester groups is 1. The van der Waals surface area contributed by atoms with Crippen molar-refractivity contribution < 1.29 is 71.1 Å². The molecule has 0 aromatic carbocycles. The number of carboxylic acid groups (broad SMARTS) is 1. The molecule has 0 aromatic heterocycles. The number of hydrogen-bond donors (Lipinski definition) is 2. The number of quaternary nitrogens is 1. The van der Waals surface area contributed by atoms with Gasteiger partial charge in [0.1, 0.15) is 19.8 Å². The lowest BCUT2D eigenvalue weighted by molar-refractivity contribution is -0.870. The number of carbonyl (C=O) groups excluding carboxylic acids is 2. The Morgan fingerprint density at radius 1 is 0.733 bits per heavy atom. The maximum absolute atomic E-state index is 13.3. The van der Waals surface area contributed by atoms with Gasteiger partial charge in [-0.25, -0.2) is 4.57 Å². The SMILES string of the molecule is [2H]C([2H])(C(=O)O)C([2H])([2H])C([2H])([2H])C([2H])([2H])C([2H])([2H])C([2H])([2H])C([2H])([2H])C(=O)O[C@H](COC(=O)CCCCCCCCCCCCCCC)COP(=O)(O)OCC[N+](C)(C)C. The van der Waals surface area contributed by atoms with Crippen LogP contribution in [0.25, 0.3) is 0 Å². The highest BCUT2D eigenvalue weighted by Gasteiger charge is 2.27. The van der Waals surface area contributed by atoms with Crippen LogP contribution < -0.4 is 0 Å². The van der Waals surface area contributed by atoms with Crippen LogP contribution >= 0.6 is 7.82 Å². The van der Waals surface area contributed by atoms with E-state index in [1.54, 1.807) is 21.1 Å². The first-order chi connectivity index (χ1) is 26.6. The summed E-state index contributed by atoms with van der Waals surface area (Å²) in [4.78, 5) is 47.4. The molecule has 0 radical (unpaired) electrons. The van der Waals surface area contributed by atoms with E-state index in [1.807, 2.05) is 0 Å². The molecule has 11 nitrogen and oxygen atoms in total. The number of rotatable bonds is 32. The zero-order valence-corrected chi connectivity index (χ0v) is 28.3. The molecule has 12 heteroatoms. The van der Waals surface area contributed by atoms with Crippen LogP contribution in [0.3, 0.4) is 0 Å². The van der Waals surface area contributed by atoms with Gasteiger partial charge in [-0.2, -0.15) is 0 Å². The third-order valence-electron chi connectivity index (χ3n) is 6.21. The molecule has 0 saturated heterocycles. The highest BCUT2D eigenvalue weighted by atomic mass is 31.2. The zero-order valence-electron chi connectivity index (χ0n) is 41.4. The Labute approximate surface area is 292 Å². The van der Waals surface area contributed by atoms with Gasteiger partial charge in [0.05, 0.1) is 27.7 Å². The number of ether oxygens (including phenoxy) is 2. The van der Waals surface area contributed by atoms with Crippen LogP contribution in [-0.2, 0) is 37.5 Å². The molecule has 266 valence electrons. The second-order valence-electron chi connectivity index (χ2n) is 11.5. The van der Waals surface area contributed by atoms with Crippen LogP contribution in [0, 0.1) is 0 Å². The molecule has 0 bridgehead atoms. The zero-order chi connectivity index (χ0) is 46.4. The summed E-state index contributed by atoms with van der Waals surface area (Å²) in [6.07, 6.45) is -19.7. The van der Waals surface area contributed by atoms with Crippen LogP contribution in [0.4, 0.5) is 0 Å². The second-order valence-corrected chi connectivity index (χ2v) is 12.9. The van der Waals surface area contributed by atoms with Crippen molar-refractivity contribution in [3.05, 3.63) is 0 Å². The second kappa shape index (κ2) is 27.6. The Bertz CT molecular complexity index is 1380. The van der Waals surface area contributed by atoms with E-state index in [0.717, 1.165) is 25.7 Å². The molecule has 0 aliphatic heterocycles. The summed E-state index contributed by atoms with van der Waals surface area (Å²) >= 11 is 0. The number of phosphoric acid groups is 1. The summed E-state index contributed by atoms with van der Waals surface area (Å²) in [6, 6.07) is 0. The van der Waals surface area contributed by atoms with Gasteiger partial charge in [0, 0.05) is 38.4 Å². The van der Waals surface area contributed by atoms with Gasteiger partial charge in [-0.15, -0.1) is 0 Å². The van der Waals surface area contributed by atoms with Crippen molar-refractivity contribution in [3.8, 4) is 0 Å². The minimum Gasteiger partial charge on any atom is -0.481 e. The fourth-order valence-corrected chi connectivity index (χ4v) is 4.49. The average Bonchev–Trinajstić information content (AvgIpc) is 3.09. The van der Waals surface area contributed by atoms with Crippen molar-refractivity contribution in [1.29, 1.82) is 0 Å². The lowest BCUT2D eigenvalue weighted by Gasteiger charge is -2.24. The Morgan fingerprint density at radius 3 is 1.78 bits per heavy atom. The van der Waals surface area contributed by atoms with Crippen LogP contribution in [-0.4, -0.2) is 86.0 Å². The van der Waals surface area contributed by atoms with Gasteiger partial charge in [0.2, 0.25) is 0 Å². The summed E-state index contributed by atoms with van der Waals surface area (Å²) in [5.74, 6) is -5.76. The molecule has 45 heavy (non-hydrogen) atoms. The molecular formula is C33H65NO10P+. The van der Waals surface area contributed by atoms with Gasteiger partial charge in [-0.3, -0.25) is 23.4 Å². The molecule has 0 aliphatic carbocycles. The van der Waals surface area contributed by atoms with E-state index >= 15 is 0 Å². The van der Waals surface area contributed by atoms with Gasteiger partial charge in [-0.05, 0) is 19.2 Å². The maximum Gasteiger partial charge on any atom is 0.472 e. The quantitative estimate of drug-likeness (QED) is 0.0316. The molecule has 1 unspecified atom stereocenters. The molecule has 2 atom stereocenters. The minimum atomic E-state index is -4.91. The first-order valence-electron chi connectivity index (χ1n) is 22.6. The molecule has 0 heterocycles. The van der Waals surface area contributed by atoms with E-state index in [1.165, 1.54) is 44.9 Å². The van der Waals surface area contributed by atoms with Gasteiger partial charge in [-0.1, -0.05) is 103 Å². The van der Waals surface area contributed by atoms with Crippen LogP contribution in [0.15, 0.2) is 0 Å². The van der Waals surface area contributed by atoms with Crippen LogP contribution in [0.2, 0.25) is 0 Å². The monoisotopic (exact) mass is 681 g/mol. The van der Waals surface area contributed by atoms with Crippen molar-refractivity contribution in [2.75, 3.05) is 47.5 Å². The average molecular weight is 681 g/mol. The highest BCUT2D eigenvalue weighted by Crippen LogP contribution is 2.43. The maximum atomic E-state index is 13.3. The molecule has 0 amide bonds. The van der Waals surface area contributed by atoms with Crippen molar-refractivity contribution in [2.24, 2.45) is 0 Å². The Kier molecular flexibility index (Phi) is 15.1. The number of carbonyl (C=O) groups is 3. The van der Waals surface area contributed by atoms with E-state index in [2.05, 4.69) is 6.92 Å². The number of aliphatic carboxylic acids is 1. The smallest absolute Gasteiger partial charge is 0.472 e. The van der Waals surface area contributed by atoms with Crippen molar-refractivity contribution in [3.63, 3.8) is 0 Å². The summed E-state index contributed by atoms with van der Waals surface area (Å²) in [6.45, 7) is 0.0258. The summed E-state index contributed by atoms with van der Waals surface area (Å²) < 4.78 is 145. The first kappa shape index (κ1) is 24.6. The molecular weight excluding hydrogens is 601 g/mol. The molecule has 0 spiro atoms. The van der Waals surface area contributed by atoms with Crippen molar-refractivity contribution in [2.45, 2.75) is 148 Å². The van der Waals surface area contributed by atoms with E-state index in [0.29, 0.717) is 17.3 Å². The normalized spacial score (nSPS) is 20.6. The number of nitrogens with zero attached hydrogens (tertiary/aromatic N) is 1. The van der Waals surface area contributed by atoms with Gasteiger partial charge in [0.15, 0.2) is 6.10 Å². The van der Waals surface area contributed by atoms with Crippen LogP contribution in [0.1, 0.15) is 161 Å². The summed E-state index contributed by atoms with van der Waals surface area (Å²) in [5, 5.41) is 9.15. The molecule has 0 aromatic rings. The molecule has 2 N–H and O–H groups in total. The molecule has 0 saturated carbocycles. The fourth-order valence-electron chi connectivity index (χ4n) is 3.75. The van der Waals surface area contributed by atoms with Crippen molar-refractivity contribution >= 4 is 25.7 Å². The van der Waals surface area contributed by atoms with Gasteiger partial charge < -0.3 is 24.0 Å². The van der Waals surface area contributed by atoms with Gasteiger partial charge in [0.25, 0.3) is 0 Å². The first-order valence-corrected chi connectivity index (χ1v) is 17.1. The molecule has 0 fully saturated rings. The standard InChI is InChI=1S/C33H64NO10P/c1-5-6-7-8-9-10-11-12-13-14-15-18-21-24-32(37)41-28-30(29-43-45(39,40)42-27-26-34(2,3)4)44-33(38)25-22-19-16-17-20-23-31(35)36/h30H,5-29H2,1-4H3,(H-,35,36,39,40)/p+1/t30-/m1/s1/i16D2,17D2,19D2,20D2,22D2,23D2,25D2. The Balaban J connectivity index is 5.93. The Morgan fingerprint density at radius 2 is 1.24 bits per heavy atom. The largest absolute Gasteiger partial charge is 0.481 e. The third kappa shape index (κ3) is 32.2. The predicted octanol–water partition coefficient (Wildman–Crippen LogP) is 7.58. The number of unbranched alkanes of at least 4 members (excludes halogenated alkanes) is 12. The van der Waals surface area contributed by atoms with Crippen LogP contribution in [0.5, 0.6) is 0 Å². The number of hydrogen-bond acceptors (Lipinski definition) is 8. The lowest BCUT2D eigenvalue weighted by Crippen LogP contribution is -2.37. The summed E-state index contributed by atoms with van der Waals surface area (Å²) in [7, 11) is 0.358. The van der Waals surface area contributed by atoms with Gasteiger partial charge >= 0.3 is 25.7 Å². The summed E-state index contributed by atoms with van der Waals surface area (Å²) in [5.41, 5.74) is 0. The lowest BCUT2D eigenvalue weighted by atomic mass is 10.0. The van der Waals surface area contributed by atoms with E-state index in [9.17, 15) is 23.8 Å². The van der Waals surface area contributed by atoms with E-state index < -0.39 is 89.7 Å². The predicted molar refractivity (Wildman–Crippen MR) is 176 cm³/mol. The minimum absolute atomic E-state index is 0.0973. The number of likely N-dealkylation sites (N-methyl/N-ethyl adjacent to an activating group) is 1. The van der Waals surface area contributed by atoms with E-state index in [-0.39, 0.29) is 19.6 Å². The number of carboxylic acids is 1. The molecule has 0 aliphatic rings. The van der Waals surface area contributed by atoms with Crippen molar-refractivity contribution in [1.82, 2.24) is 0 Å². The third-order valence-corrected chi connectivity index (χ3v) is 7.20. The topological polar surface area (TPSA) is 146 Å². The molecule has 0 rings (SSSR count). The fraction of sp³-hybridized carbons (Fsp3) is 0.909. The van der Waals surface area contributed by atoms with E-state index in [4.69, 9.17) is 42.8 Å².